The van der Waals surface area contributed by atoms with E-state index in [1.807, 2.05) is 18.2 Å². The van der Waals surface area contributed by atoms with Gasteiger partial charge in [-0.1, -0.05) is 12.8 Å². The Morgan fingerprint density at radius 3 is 3.08 bits per heavy atom. The molecule has 2 aliphatic rings. The van der Waals surface area contributed by atoms with Crippen molar-refractivity contribution >= 4 is 24.0 Å². The number of methoxy groups -OCH3 is 1. The first-order valence-electron chi connectivity index (χ1n) is 8.66. The fraction of sp³-hybridized carbons (Fsp3) is 0.529. The second-order valence-corrected chi connectivity index (χ2v) is 6.82. The second-order valence-electron chi connectivity index (χ2n) is 6.82. The first kappa shape index (κ1) is 18.6. The van der Waals surface area contributed by atoms with Gasteiger partial charge in [-0.15, -0.1) is 17.5 Å². The van der Waals surface area contributed by atoms with E-state index in [-0.39, 0.29) is 23.7 Å². The summed E-state index contributed by atoms with van der Waals surface area (Å²) in [5, 5.41) is 17.8. The molecule has 1 aromatic heterocycles. The van der Waals surface area contributed by atoms with Gasteiger partial charge in [0.2, 0.25) is 5.91 Å². The third kappa shape index (κ3) is 3.14. The molecule has 9 heteroatoms. The molecule has 0 bridgehead atoms. The van der Waals surface area contributed by atoms with Gasteiger partial charge in [-0.2, -0.15) is 4.68 Å². The molecule has 0 spiro atoms. The molecule has 4 rings (SSSR count). The molecule has 2 atom stereocenters. The molecule has 1 aliphatic carbocycles. The number of nitrogens with one attached hydrogen (secondary N) is 2. The van der Waals surface area contributed by atoms with E-state index in [1.54, 1.807) is 7.11 Å². The van der Waals surface area contributed by atoms with Gasteiger partial charge in [0.15, 0.2) is 0 Å². The fourth-order valence-corrected chi connectivity index (χ4v) is 4.16. The lowest BCUT2D eigenvalue weighted by Gasteiger charge is -2.37. The number of rotatable bonds is 4. The van der Waals surface area contributed by atoms with E-state index < -0.39 is 0 Å². The van der Waals surface area contributed by atoms with Crippen LogP contribution >= 0.6 is 12.4 Å². The highest BCUT2D eigenvalue weighted by atomic mass is 35.5. The lowest BCUT2D eigenvalue weighted by molar-refractivity contribution is -0.128. The molecule has 2 fully saturated rings. The highest BCUT2D eigenvalue weighted by molar-refractivity contribution is 5.96. The van der Waals surface area contributed by atoms with Crippen molar-refractivity contribution in [1.82, 2.24) is 25.5 Å². The number of nitrogens with zero attached hydrogens (tertiary/aromatic N) is 4. The summed E-state index contributed by atoms with van der Waals surface area (Å²) in [5.41, 5.74) is 1.13. The van der Waals surface area contributed by atoms with Crippen LogP contribution in [0.15, 0.2) is 24.5 Å². The van der Waals surface area contributed by atoms with Crippen molar-refractivity contribution in [2.45, 2.75) is 25.7 Å². The number of tetrazole rings is 1. The maximum absolute atomic E-state index is 13.1. The van der Waals surface area contributed by atoms with Crippen LogP contribution in [-0.2, 0) is 4.79 Å². The van der Waals surface area contributed by atoms with E-state index in [2.05, 4.69) is 26.2 Å². The third-order valence-electron chi connectivity index (χ3n) is 5.52. The van der Waals surface area contributed by atoms with Gasteiger partial charge in [-0.05, 0) is 53.9 Å². The van der Waals surface area contributed by atoms with Crippen LogP contribution in [0.2, 0.25) is 0 Å². The van der Waals surface area contributed by atoms with Gasteiger partial charge >= 0.3 is 0 Å². The van der Waals surface area contributed by atoms with Crippen molar-refractivity contribution in [3.63, 3.8) is 0 Å². The highest BCUT2D eigenvalue weighted by Crippen LogP contribution is 2.44. The zero-order valence-corrected chi connectivity index (χ0v) is 15.5. The molecule has 1 saturated heterocycles. The van der Waals surface area contributed by atoms with Crippen LogP contribution in [0.4, 0.5) is 5.69 Å². The van der Waals surface area contributed by atoms with Crippen LogP contribution < -0.4 is 15.4 Å². The lowest BCUT2D eigenvalue weighted by atomic mass is 9.67. The molecule has 1 amide bonds. The summed E-state index contributed by atoms with van der Waals surface area (Å²) in [5.74, 6) is 1.18. The number of hydrogen-bond donors (Lipinski definition) is 2. The predicted octanol–water partition coefficient (Wildman–Crippen LogP) is 1.81. The maximum atomic E-state index is 13.1. The summed E-state index contributed by atoms with van der Waals surface area (Å²) in [6, 6.07) is 5.50. The maximum Gasteiger partial charge on any atom is 0.232 e. The summed E-state index contributed by atoms with van der Waals surface area (Å²) < 4.78 is 6.90. The Hall–Kier alpha value is -2.19. The summed E-state index contributed by atoms with van der Waals surface area (Å²) in [6.45, 7) is 1.70. The summed E-state index contributed by atoms with van der Waals surface area (Å²) in [4.78, 5) is 13.1. The normalized spacial score (nSPS) is 24.4. The fourth-order valence-electron chi connectivity index (χ4n) is 4.16. The minimum Gasteiger partial charge on any atom is -0.494 e. The average Bonchev–Trinajstić information content (AvgIpc) is 3.31. The van der Waals surface area contributed by atoms with E-state index in [4.69, 9.17) is 4.74 Å². The highest BCUT2D eigenvalue weighted by Gasteiger charge is 2.49. The number of hydrogen-bond acceptors (Lipinski definition) is 6. The van der Waals surface area contributed by atoms with Gasteiger partial charge in [0.25, 0.3) is 0 Å². The molecule has 26 heavy (non-hydrogen) atoms. The van der Waals surface area contributed by atoms with E-state index in [9.17, 15) is 4.79 Å². The first-order valence-corrected chi connectivity index (χ1v) is 8.66. The van der Waals surface area contributed by atoms with Crippen LogP contribution in [0.5, 0.6) is 5.75 Å². The Morgan fingerprint density at radius 1 is 1.42 bits per heavy atom. The minimum atomic E-state index is -0.285. The molecule has 2 N–H and O–H groups in total. The van der Waals surface area contributed by atoms with Crippen LogP contribution in [0.3, 0.4) is 0 Å². The van der Waals surface area contributed by atoms with Crippen molar-refractivity contribution < 1.29 is 9.53 Å². The number of carbonyl (C=O) groups is 1. The number of fused-ring (bicyclic) bond motifs is 1. The molecular formula is C17H23ClN6O2. The van der Waals surface area contributed by atoms with Crippen LogP contribution in [0.25, 0.3) is 5.69 Å². The van der Waals surface area contributed by atoms with Crippen molar-refractivity contribution in [3.8, 4) is 11.4 Å². The number of ether oxygens (including phenoxy) is 1. The number of halogens is 1. The van der Waals surface area contributed by atoms with Crippen molar-refractivity contribution in [3.05, 3.63) is 24.5 Å². The van der Waals surface area contributed by atoms with Gasteiger partial charge in [-0.3, -0.25) is 4.79 Å². The van der Waals surface area contributed by atoms with E-state index in [0.717, 1.165) is 38.0 Å². The number of amides is 1. The van der Waals surface area contributed by atoms with Crippen LogP contribution in [0, 0.1) is 11.3 Å². The Kier molecular flexibility index (Phi) is 5.43. The molecule has 140 valence electrons. The molecule has 1 aromatic carbocycles. The molecule has 1 saturated carbocycles. The Balaban J connectivity index is 0.00000196. The molecule has 0 radical (unpaired) electrons. The summed E-state index contributed by atoms with van der Waals surface area (Å²) in [7, 11) is 1.59. The number of anilines is 1. The zero-order chi connectivity index (χ0) is 17.3. The minimum absolute atomic E-state index is 0. The Labute approximate surface area is 158 Å². The third-order valence-corrected chi connectivity index (χ3v) is 5.52. The number of aromatic nitrogens is 4. The molecule has 1 aliphatic heterocycles. The molecule has 0 unspecified atom stereocenters. The van der Waals surface area contributed by atoms with Crippen molar-refractivity contribution in [2.24, 2.45) is 11.3 Å². The largest absolute Gasteiger partial charge is 0.494 e. The van der Waals surface area contributed by atoms with E-state index in [0.29, 0.717) is 17.4 Å². The standard InChI is InChI=1S/C17H22N6O2.ClH/c1-25-15-6-5-13(8-14(15)23-11-19-21-22-23)20-16(24)17-7-3-2-4-12(17)9-18-10-17;/h5-6,8,11-12,18H,2-4,7,9-10H2,1H3,(H,20,24);1H/t12-,17+;/m0./s1. The van der Waals surface area contributed by atoms with Gasteiger partial charge in [0.05, 0.1) is 12.5 Å². The molecule has 8 nitrogen and oxygen atoms in total. The zero-order valence-electron chi connectivity index (χ0n) is 14.6. The van der Waals surface area contributed by atoms with Crippen molar-refractivity contribution in [1.29, 1.82) is 0 Å². The molecular weight excluding hydrogens is 356 g/mol. The predicted molar refractivity (Wildman–Crippen MR) is 98.8 cm³/mol. The van der Waals surface area contributed by atoms with Gasteiger partial charge in [-0.25, -0.2) is 0 Å². The van der Waals surface area contributed by atoms with E-state index in [1.165, 1.54) is 17.4 Å². The average molecular weight is 379 g/mol. The number of carbonyl (C=O) groups excluding carboxylic acids is 1. The van der Waals surface area contributed by atoms with Crippen LogP contribution in [-0.4, -0.2) is 46.3 Å². The first-order chi connectivity index (χ1) is 12.2. The molecule has 2 aromatic rings. The lowest BCUT2D eigenvalue weighted by Crippen LogP contribution is -2.44. The monoisotopic (exact) mass is 378 g/mol. The van der Waals surface area contributed by atoms with E-state index >= 15 is 0 Å². The summed E-state index contributed by atoms with van der Waals surface area (Å²) in [6.07, 6.45) is 5.91. The van der Waals surface area contributed by atoms with Gasteiger partial charge in [0.1, 0.15) is 17.8 Å². The second kappa shape index (κ2) is 7.59. The smallest absolute Gasteiger partial charge is 0.232 e. The quantitative estimate of drug-likeness (QED) is 0.842. The molecule has 2 heterocycles. The van der Waals surface area contributed by atoms with Crippen molar-refractivity contribution in [2.75, 3.05) is 25.5 Å². The Morgan fingerprint density at radius 2 is 2.31 bits per heavy atom. The summed E-state index contributed by atoms with van der Waals surface area (Å²) >= 11 is 0. The van der Waals surface area contributed by atoms with Gasteiger partial charge < -0.3 is 15.4 Å². The van der Waals surface area contributed by atoms with Gasteiger partial charge in [0, 0.05) is 12.2 Å². The topological polar surface area (TPSA) is 94.0 Å². The Bertz CT molecular complexity index is 769. The SMILES string of the molecule is COc1ccc(NC(=O)[C@@]23CCCC[C@H]2CNC3)cc1-n1cnnn1.Cl. The van der Waals surface area contributed by atoms with Crippen LogP contribution in [0.1, 0.15) is 25.7 Å². The number of benzene rings is 1.